The molecule has 0 radical (unpaired) electrons. The summed E-state index contributed by atoms with van der Waals surface area (Å²) in [6, 6.07) is 4.59. The maximum atomic E-state index is 12.2. The van der Waals surface area contributed by atoms with Gasteiger partial charge in [0.05, 0.1) is 12.7 Å². The van der Waals surface area contributed by atoms with E-state index in [2.05, 4.69) is 0 Å². The van der Waals surface area contributed by atoms with Crippen LogP contribution < -0.4 is 10.5 Å². The van der Waals surface area contributed by atoms with Crippen LogP contribution in [0.5, 0.6) is 11.5 Å². The standard InChI is InChI=1S/C13H20N2O3/c1-13(2,8-14)15(3)12(17)10-6-5-9(18-4)7-11(10)16/h5-7,16H,8,14H2,1-4H3. The fraction of sp³-hybridized carbons (Fsp3) is 0.462. The molecule has 0 unspecified atom stereocenters. The molecule has 100 valence electrons. The van der Waals surface area contributed by atoms with Crippen LogP contribution in [0.3, 0.4) is 0 Å². The third kappa shape index (κ3) is 2.73. The number of hydrogen-bond acceptors (Lipinski definition) is 4. The van der Waals surface area contributed by atoms with Gasteiger partial charge in [0.1, 0.15) is 11.5 Å². The third-order valence-corrected chi connectivity index (χ3v) is 3.15. The van der Waals surface area contributed by atoms with Crippen LogP contribution in [0.2, 0.25) is 0 Å². The normalized spacial score (nSPS) is 11.2. The maximum Gasteiger partial charge on any atom is 0.257 e. The van der Waals surface area contributed by atoms with Crippen LogP contribution in [0.1, 0.15) is 24.2 Å². The molecule has 0 saturated heterocycles. The van der Waals surface area contributed by atoms with E-state index in [1.807, 2.05) is 13.8 Å². The van der Waals surface area contributed by atoms with Gasteiger partial charge in [-0.25, -0.2) is 0 Å². The van der Waals surface area contributed by atoms with Crippen molar-refractivity contribution in [1.29, 1.82) is 0 Å². The van der Waals surface area contributed by atoms with Crippen molar-refractivity contribution < 1.29 is 14.6 Å². The number of phenols is 1. The van der Waals surface area contributed by atoms with Gasteiger partial charge >= 0.3 is 0 Å². The van der Waals surface area contributed by atoms with E-state index in [4.69, 9.17) is 10.5 Å². The highest BCUT2D eigenvalue weighted by Crippen LogP contribution is 2.26. The Morgan fingerprint density at radius 3 is 2.56 bits per heavy atom. The second kappa shape index (κ2) is 5.27. The Morgan fingerprint density at radius 1 is 1.50 bits per heavy atom. The number of rotatable bonds is 4. The first kappa shape index (κ1) is 14.3. The molecule has 0 saturated carbocycles. The molecule has 0 aliphatic heterocycles. The average Bonchev–Trinajstić information content (AvgIpc) is 2.36. The molecule has 0 fully saturated rings. The molecule has 1 rings (SSSR count). The number of amides is 1. The molecule has 0 aliphatic rings. The Labute approximate surface area is 107 Å². The van der Waals surface area contributed by atoms with E-state index >= 15 is 0 Å². The predicted octanol–water partition coefficient (Wildman–Crippen LogP) is 1.21. The van der Waals surface area contributed by atoms with Gasteiger partial charge in [-0.15, -0.1) is 0 Å². The van der Waals surface area contributed by atoms with Crippen molar-refractivity contribution in [2.45, 2.75) is 19.4 Å². The molecule has 0 atom stereocenters. The average molecular weight is 252 g/mol. The van der Waals surface area contributed by atoms with E-state index in [0.29, 0.717) is 12.3 Å². The zero-order valence-corrected chi connectivity index (χ0v) is 11.2. The summed E-state index contributed by atoms with van der Waals surface area (Å²) in [6.45, 7) is 4.07. The minimum absolute atomic E-state index is 0.0981. The van der Waals surface area contributed by atoms with Gasteiger partial charge < -0.3 is 20.5 Å². The number of nitrogens with two attached hydrogens (primary N) is 1. The second-order valence-corrected chi connectivity index (χ2v) is 4.76. The Balaban J connectivity index is 3.04. The van der Waals surface area contributed by atoms with Gasteiger partial charge in [-0.3, -0.25) is 4.79 Å². The smallest absolute Gasteiger partial charge is 0.257 e. The monoisotopic (exact) mass is 252 g/mol. The van der Waals surface area contributed by atoms with Gasteiger partial charge in [0.25, 0.3) is 5.91 Å². The van der Waals surface area contributed by atoms with E-state index < -0.39 is 5.54 Å². The van der Waals surface area contributed by atoms with Crippen molar-refractivity contribution in [3.63, 3.8) is 0 Å². The summed E-state index contributed by atoms with van der Waals surface area (Å²) in [5.74, 6) is 0.134. The van der Waals surface area contributed by atoms with Crippen molar-refractivity contribution in [3.8, 4) is 11.5 Å². The van der Waals surface area contributed by atoms with Crippen molar-refractivity contribution in [1.82, 2.24) is 4.90 Å². The van der Waals surface area contributed by atoms with E-state index in [9.17, 15) is 9.90 Å². The van der Waals surface area contributed by atoms with E-state index in [1.165, 1.54) is 18.1 Å². The number of aromatic hydroxyl groups is 1. The van der Waals surface area contributed by atoms with Crippen molar-refractivity contribution in [3.05, 3.63) is 23.8 Å². The summed E-state index contributed by atoms with van der Waals surface area (Å²) in [4.78, 5) is 13.8. The summed E-state index contributed by atoms with van der Waals surface area (Å²) in [5, 5.41) is 9.82. The highest BCUT2D eigenvalue weighted by molar-refractivity contribution is 5.97. The van der Waals surface area contributed by atoms with Crippen LogP contribution in [0.25, 0.3) is 0 Å². The molecule has 0 aromatic heterocycles. The van der Waals surface area contributed by atoms with Gasteiger partial charge in [-0.1, -0.05) is 0 Å². The molecule has 3 N–H and O–H groups in total. The molecular weight excluding hydrogens is 232 g/mol. The fourth-order valence-corrected chi connectivity index (χ4v) is 1.41. The molecular formula is C13H20N2O3. The molecule has 0 bridgehead atoms. The number of carbonyl (C=O) groups is 1. The van der Waals surface area contributed by atoms with Crippen molar-refractivity contribution >= 4 is 5.91 Å². The van der Waals surface area contributed by atoms with Crippen LogP contribution in [-0.4, -0.2) is 42.2 Å². The Morgan fingerprint density at radius 2 is 2.11 bits per heavy atom. The third-order valence-electron chi connectivity index (χ3n) is 3.15. The number of hydrogen-bond donors (Lipinski definition) is 2. The lowest BCUT2D eigenvalue weighted by molar-refractivity contribution is 0.0637. The van der Waals surface area contributed by atoms with Gasteiger partial charge in [-0.05, 0) is 26.0 Å². The maximum absolute atomic E-state index is 12.2. The number of likely N-dealkylation sites (N-methyl/N-ethyl adjacent to an activating group) is 1. The van der Waals surface area contributed by atoms with Crippen molar-refractivity contribution in [2.24, 2.45) is 5.73 Å². The summed E-state index contributed by atoms with van der Waals surface area (Å²) in [6.07, 6.45) is 0. The minimum atomic E-state index is -0.469. The topological polar surface area (TPSA) is 75.8 Å². The molecule has 0 spiro atoms. The lowest BCUT2D eigenvalue weighted by atomic mass is 10.0. The number of methoxy groups -OCH3 is 1. The molecule has 5 heteroatoms. The number of nitrogens with zero attached hydrogens (tertiary/aromatic N) is 1. The van der Waals surface area contributed by atoms with Gasteiger partial charge in [0.2, 0.25) is 0 Å². The first-order valence-corrected chi connectivity index (χ1v) is 5.68. The highest BCUT2D eigenvalue weighted by Gasteiger charge is 2.28. The van der Waals surface area contributed by atoms with Crippen molar-refractivity contribution in [2.75, 3.05) is 20.7 Å². The Hall–Kier alpha value is -1.75. The van der Waals surface area contributed by atoms with Crippen LogP contribution in [0.4, 0.5) is 0 Å². The first-order valence-electron chi connectivity index (χ1n) is 5.68. The lowest BCUT2D eigenvalue weighted by Gasteiger charge is -2.34. The zero-order valence-electron chi connectivity index (χ0n) is 11.2. The van der Waals surface area contributed by atoms with Gasteiger partial charge in [0.15, 0.2) is 0 Å². The number of carbonyl (C=O) groups excluding carboxylic acids is 1. The quantitative estimate of drug-likeness (QED) is 0.844. The highest BCUT2D eigenvalue weighted by atomic mass is 16.5. The summed E-state index contributed by atoms with van der Waals surface area (Å²) in [5.41, 5.74) is 5.40. The number of phenolic OH excluding ortho intramolecular Hbond substituents is 1. The molecule has 0 heterocycles. The van der Waals surface area contributed by atoms with Crippen LogP contribution in [0, 0.1) is 0 Å². The molecule has 1 aromatic carbocycles. The molecule has 18 heavy (non-hydrogen) atoms. The molecule has 5 nitrogen and oxygen atoms in total. The summed E-state index contributed by atoms with van der Waals surface area (Å²) in [7, 11) is 3.17. The summed E-state index contributed by atoms with van der Waals surface area (Å²) < 4.78 is 4.97. The first-order chi connectivity index (χ1) is 8.33. The van der Waals surface area contributed by atoms with E-state index in [1.54, 1.807) is 19.2 Å². The van der Waals surface area contributed by atoms with Gasteiger partial charge in [-0.2, -0.15) is 0 Å². The SMILES string of the molecule is COc1ccc(C(=O)N(C)C(C)(C)CN)c(O)c1. The molecule has 1 amide bonds. The zero-order chi connectivity index (χ0) is 13.9. The van der Waals surface area contributed by atoms with Crippen LogP contribution >= 0.6 is 0 Å². The van der Waals surface area contributed by atoms with Gasteiger partial charge in [0, 0.05) is 25.2 Å². The number of benzene rings is 1. The number of ether oxygens (including phenoxy) is 1. The van der Waals surface area contributed by atoms with Crippen LogP contribution in [0.15, 0.2) is 18.2 Å². The molecule has 1 aromatic rings. The summed E-state index contributed by atoms with van der Waals surface area (Å²) >= 11 is 0. The second-order valence-electron chi connectivity index (χ2n) is 4.76. The lowest BCUT2D eigenvalue weighted by Crippen LogP contribution is -2.50. The molecule has 0 aliphatic carbocycles. The van der Waals surface area contributed by atoms with E-state index in [-0.39, 0.29) is 17.2 Å². The fourth-order valence-electron chi connectivity index (χ4n) is 1.41. The Bertz CT molecular complexity index is 444. The largest absolute Gasteiger partial charge is 0.507 e. The van der Waals surface area contributed by atoms with Crippen LogP contribution in [-0.2, 0) is 0 Å². The minimum Gasteiger partial charge on any atom is -0.507 e. The predicted molar refractivity (Wildman–Crippen MR) is 69.9 cm³/mol. The van der Waals surface area contributed by atoms with E-state index in [0.717, 1.165) is 0 Å². The Kier molecular flexibility index (Phi) is 4.19.